The number of methoxy groups -OCH3 is 3. The van der Waals surface area contributed by atoms with E-state index < -0.39 is 53.4 Å². The molecule has 0 aliphatic rings. The number of ether oxygens (including phenoxy) is 4. The van der Waals surface area contributed by atoms with Crippen LogP contribution in [0.25, 0.3) is 0 Å². The summed E-state index contributed by atoms with van der Waals surface area (Å²) < 4.78 is 75.3. The summed E-state index contributed by atoms with van der Waals surface area (Å²) in [4.78, 5) is 35.7. The molecule has 0 radical (unpaired) electrons. The highest BCUT2D eigenvalue weighted by atomic mass is 32.1. The Hall–Kier alpha value is -4.53. The second-order valence-corrected chi connectivity index (χ2v) is 8.36. The third kappa shape index (κ3) is 6.49. The average molecular weight is 572 g/mol. The zero-order chi connectivity index (χ0) is 28.9. The Morgan fingerprint density at radius 1 is 0.974 bits per heavy atom. The van der Waals surface area contributed by atoms with Crippen molar-refractivity contribution < 1.29 is 56.0 Å². The normalized spacial score (nSPS) is 10.9. The molecular formula is C24H20F4N2O8S. The fraction of sp³-hybridized carbons (Fsp3) is 0.208. The average Bonchev–Trinajstić information content (AvgIpc) is 3.31. The Kier molecular flexibility index (Phi) is 8.85. The predicted molar refractivity (Wildman–Crippen MR) is 131 cm³/mol. The molecule has 3 N–H and O–H groups in total. The maximum absolute atomic E-state index is 14.7. The Balaban J connectivity index is 1.87. The van der Waals surface area contributed by atoms with Crippen LogP contribution in [0.1, 0.15) is 31.2 Å². The van der Waals surface area contributed by atoms with Crippen LogP contribution in [0.4, 0.5) is 33.7 Å². The monoisotopic (exact) mass is 572 g/mol. The number of urea groups is 1. The van der Waals surface area contributed by atoms with Crippen molar-refractivity contribution in [1.82, 2.24) is 0 Å². The van der Waals surface area contributed by atoms with Gasteiger partial charge in [-0.25, -0.2) is 18.8 Å². The maximum atomic E-state index is 14.7. The summed E-state index contributed by atoms with van der Waals surface area (Å²) in [5.74, 6) is -3.95. The molecule has 1 heterocycles. The second-order valence-electron chi connectivity index (χ2n) is 7.49. The Labute approximate surface area is 222 Å². The SMILES string of the molecule is COC(=O)c1scc(NC(=O)Nc2cc(OCc3c(OC)cccc3C(F)(F)F)c(OC)cc2F)c1C(=O)O. The number of rotatable bonds is 9. The van der Waals surface area contributed by atoms with E-state index in [-0.39, 0.29) is 33.4 Å². The van der Waals surface area contributed by atoms with E-state index >= 15 is 0 Å². The lowest BCUT2D eigenvalue weighted by molar-refractivity contribution is -0.138. The summed E-state index contributed by atoms with van der Waals surface area (Å²) in [7, 11) is 3.42. The van der Waals surface area contributed by atoms with Gasteiger partial charge in [-0.05, 0) is 12.1 Å². The number of hydrogen-bond acceptors (Lipinski definition) is 8. The summed E-state index contributed by atoms with van der Waals surface area (Å²) in [5, 5.41) is 15.0. The van der Waals surface area contributed by atoms with Gasteiger partial charge in [0.2, 0.25) is 0 Å². The van der Waals surface area contributed by atoms with Crippen molar-refractivity contribution >= 4 is 40.7 Å². The Morgan fingerprint density at radius 3 is 2.23 bits per heavy atom. The molecule has 15 heteroatoms. The van der Waals surface area contributed by atoms with Crippen molar-refractivity contribution in [3.8, 4) is 17.2 Å². The standard InChI is InChI=1S/C24H20F4N2O8S/c1-35-16-6-4-5-12(24(26,27)28)11(16)9-38-18-8-14(13(25)7-17(18)36-2)29-23(34)30-15-10-39-20(22(33)37-3)19(15)21(31)32/h4-8,10H,9H2,1-3H3,(H,31,32)(H2,29,30,34). The highest BCUT2D eigenvalue weighted by molar-refractivity contribution is 7.13. The number of carbonyl (C=O) groups excluding carboxylic acids is 2. The van der Waals surface area contributed by atoms with E-state index in [2.05, 4.69) is 15.4 Å². The van der Waals surface area contributed by atoms with E-state index in [9.17, 15) is 37.1 Å². The number of thiophene rings is 1. The van der Waals surface area contributed by atoms with E-state index in [0.29, 0.717) is 11.3 Å². The lowest BCUT2D eigenvalue weighted by atomic mass is 10.1. The summed E-state index contributed by atoms with van der Waals surface area (Å²) in [5.41, 5.74) is -2.59. The molecule has 0 aliphatic carbocycles. The van der Waals surface area contributed by atoms with Crippen LogP contribution in [-0.2, 0) is 17.5 Å². The smallest absolute Gasteiger partial charge is 0.416 e. The number of halogens is 4. The first-order valence-electron chi connectivity index (χ1n) is 10.7. The number of carbonyl (C=O) groups is 3. The summed E-state index contributed by atoms with van der Waals surface area (Å²) in [6.07, 6.45) is -4.71. The van der Waals surface area contributed by atoms with Gasteiger partial charge in [-0.1, -0.05) is 6.07 Å². The van der Waals surface area contributed by atoms with E-state index in [4.69, 9.17) is 14.2 Å². The molecule has 0 atom stereocenters. The van der Waals surface area contributed by atoms with E-state index in [0.717, 1.165) is 25.3 Å². The van der Waals surface area contributed by atoms with Crippen LogP contribution in [-0.4, -0.2) is 44.4 Å². The predicted octanol–water partition coefficient (Wildman–Crippen LogP) is 5.63. The molecule has 1 aromatic heterocycles. The van der Waals surface area contributed by atoms with Gasteiger partial charge in [0, 0.05) is 23.1 Å². The van der Waals surface area contributed by atoms with Crippen molar-refractivity contribution in [3.05, 3.63) is 63.1 Å². The van der Waals surface area contributed by atoms with Crippen molar-refractivity contribution in [1.29, 1.82) is 0 Å². The fourth-order valence-electron chi connectivity index (χ4n) is 3.41. The topological polar surface area (TPSA) is 132 Å². The quantitative estimate of drug-likeness (QED) is 0.222. The van der Waals surface area contributed by atoms with Gasteiger partial charge < -0.3 is 34.7 Å². The minimum atomic E-state index is -4.71. The molecule has 3 aromatic rings. The molecule has 0 spiro atoms. The Morgan fingerprint density at radius 2 is 1.64 bits per heavy atom. The number of hydrogen-bond donors (Lipinski definition) is 3. The third-order valence-electron chi connectivity index (χ3n) is 5.16. The van der Waals surface area contributed by atoms with Gasteiger partial charge in [0.25, 0.3) is 0 Å². The van der Waals surface area contributed by atoms with Crippen LogP contribution in [0.3, 0.4) is 0 Å². The molecular weight excluding hydrogens is 552 g/mol. The van der Waals surface area contributed by atoms with Gasteiger partial charge >= 0.3 is 24.1 Å². The molecule has 0 bridgehead atoms. The summed E-state index contributed by atoms with van der Waals surface area (Å²) in [6, 6.07) is 4.05. The first-order chi connectivity index (χ1) is 18.4. The molecule has 3 rings (SSSR count). The number of alkyl halides is 3. The zero-order valence-electron chi connectivity index (χ0n) is 20.4. The van der Waals surface area contributed by atoms with Crippen molar-refractivity contribution in [3.63, 3.8) is 0 Å². The third-order valence-corrected chi connectivity index (χ3v) is 6.12. The molecule has 208 valence electrons. The molecule has 0 aliphatic heterocycles. The highest BCUT2D eigenvalue weighted by Crippen LogP contribution is 2.38. The van der Waals surface area contributed by atoms with Gasteiger partial charge in [0.15, 0.2) is 17.3 Å². The largest absolute Gasteiger partial charge is 0.496 e. The minimum Gasteiger partial charge on any atom is -0.496 e. The van der Waals surface area contributed by atoms with Gasteiger partial charge in [0.1, 0.15) is 22.8 Å². The lowest BCUT2D eigenvalue weighted by Gasteiger charge is -2.18. The van der Waals surface area contributed by atoms with E-state index in [1.54, 1.807) is 0 Å². The first-order valence-corrected chi connectivity index (χ1v) is 11.5. The number of aromatic carboxylic acids is 1. The molecule has 0 saturated heterocycles. The zero-order valence-corrected chi connectivity index (χ0v) is 21.2. The van der Waals surface area contributed by atoms with Crippen LogP contribution in [0, 0.1) is 5.82 Å². The molecule has 0 unspecified atom stereocenters. The second kappa shape index (κ2) is 11.9. The molecule has 2 aromatic carbocycles. The number of carboxylic acids is 1. The Bertz CT molecular complexity index is 1410. The van der Waals surface area contributed by atoms with Crippen LogP contribution >= 0.6 is 11.3 Å². The van der Waals surface area contributed by atoms with Crippen LogP contribution in [0.5, 0.6) is 17.2 Å². The molecule has 10 nitrogen and oxygen atoms in total. The number of carboxylic acid groups (broad SMARTS) is 1. The van der Waals surface area contributed by atoms with E-state index in [1.807, 2.05) is 0 Å². The lowest BCUT2D eigenvalue weighted by Crippen LogP contribution is -2.21. The number of benzene rings is 2. The number of amides is 2. The summed E-state index contributed by atoms with van der Waals surface area (Å²) in [6.45, 7) is -0.653. The number of anilines is 2. The molecule has 0 saturated carbocycles. The van der Waals surface area contributed by atoms with E-state index in [1.165, 1.54) is 31.7 Å². The minimum absolute atomic E-state index is 0.0973. The summed E-state index contributed by atoms with van der Waals surface area (Å²) >= 11 is 0.707. The number of nitrogens with one attached hydrogen (secondary N) is 2. The first kappa shape index (κ1) is 29.0. The highest BCUT2D eigenvalue weighted by Gasteiger charge is 2.35. The van der Waals surface area contributed by atoms with Crippen molar-refractivity contribution in [2.24, 2.45) is 0 Å². The van der Waals surface area contributed by atoms with Gasteiger partial charge in [-0.15, -0.1) is 11.3 Å². The maximum Gasteiger partial charge on any atom is 0.416 e. The van der Waals surface area contributed by atoms with Crippen LogP contribution in [0.2, 0.25) is 0 Å². The molecule has 2 amide bonds. The van der Waals surface area contributed by atoms with Gasteiger partial charge in [-0.3, -0.25) is 0 Å². The fourth-order valence-corrected chi connectivity index (χ4v) is 4.31. The number of esters is 1. The van der Waals surface area contributed by atoms with Gasteiger partial charge in [0.05, 0.1) is 38.3 Å². The van der Waals surface area contributed by atoms with Crippen molar-refractivity contribution in [2.75, 3.05) is 32.0 Å². The van der Waals surface area contributed by atoms with Crippen LogP contribution < -0.4 is 24.8 Å². The molecule has 0 fully saturated rings. The van der Waals surface area contributed by atoms with Crippen molar-refractivity contribution in [2.45, 2.75) is 12.8 Å². The molecule has 39 heavy (non-hydrogen) atoms. The van der Waals surface area contributed by atoms with Crippen LogP contribution in [0.15, 0.2) is 35.7 Å². The van der Waals surface area contributed by atoms with Gasteiger partial charge in [-0.2, -0.15) is 13.2 Å².